The zero-order chi connectivity index (χ0) is 33.5. The van der Waals surface area contributed by atoms with Gasteiger partial charge < -0.3 is 8.83 Å². The number of aromatic nitrogens is 4. The minimum Gasteiger partial charge on any atom is -0.456 e. The van der Waals surface area contributed by atoms with Crippen molar-refractivity contribution in [1.29, 1.82) is 0 Å². The van der Waals surface area contributed by atoms with Gasteiger partial charge in [-0.25, -0.2) is 19.9 Å². The molecule has 51 heavy (non-hydrogen) atoms. The van der Waals surface area contributed by atoms with E-state index in [-0.39, 0.29) is 0 Å². The van der Waals surface area contributed by atoms with Gasteiger partial charge in [0.1, 0.15) is 16.7 Å². The van der Waals surface area contributed by atoms with Crippen LogP contribution >= 0.6 is 11.3 Å². The monoisotopic (exact) mass is 672 g/mol. The Morgan fingerprint density at radius 1 is 0.412 bits per heavy atom. The molecule has 0 aliphatic heterocycles. The first kappa shape index (κ1) is 28.2. The van der Waals surface area contributed by atoms with Gasteiger partial charge in [0.15, 0.2) is 23.1 Å². The summed E-state index contributed by atoms with van der Waals surface area (Å²) in [6.07, 6.45) is 0. The summed E-state index contributed by atoms with van der Waals surface area (Å²) >= 11 is 1.76. The van der Waals surface area contributed by atoms with Crippen molar-refractivity contribution in [2.75, 3.05) is 0 Å². The maximum absolute atomic E-state index is 6.53. The molecule has 0 amide bonds. The molecule has 7 heteroatoms. The lowest BCUT2D eigenvalue weighted by Crippen LogP contribution is -2.00. The molecule has 4 heterocycles. The van der Waals surface area contributed by atoms with E-state index >= 15 is 0 Å². The first-order valence-electron chi connectivity index (χ1n) is 16.7. The van der Waals surface area contributed by atoms with Gasteiger partial charge in [0.25, 0.3) is 0 Å². The number of thiophene rings is 1. The quantitative estimate of drug-likeness (QED) is 0.185. The van der Waals surface area contributed by atoms with Gasteiger partial charge in [-0.3, -0.25) is 0 Å². The molecule has 0 N–H and O–H groups in total. The molecular weight excluding hydrogens is 649 g/mol. The van der Waals surface area contributed by atoms with E-state index < -0.39 is 0 Å². The van der Waals surface area contributed by atoms with Crippen molar-refractivity contribution in [2.24, 2.45) is 0 Å². The average molecular weight is 673 g/mol. The van der Waals surface area contributed by atoms with E-state index in [0.717, 1.165) is 81.5 Å². The number of furan rings is 1. The van der Waals surface area contributed by atoms with Gasteiger partial charge in [-0.2, -0.15) is 0 Å². The molecule has 0 aliphatic carbocycles. The van der Waals surface area contributed by atoms with Gasteiger partial charge in [0.2, 0.25) is 5.89 Å². The third-order valence-corrected chi connectivity index (χ3v) is 10.7. The van der Waals surface area contributed by atoms with Crippen LogP contribution in [-0.2, 0) is 0 Å². The third-order valence-electron chi connectivity index (χ3n) is 9.55. The van der Waals surface area contributed by atoms with Gasteiger partial charge >= 0.3 is 0 Å². The molecule has 11 rings (SSSR count). The first-order valence-corrected chi connectivity index (χ1v) is 17.5. The normalized spacial score (nSPS) is 11.9. The van der Waals surface area contributed by atoms with E-state index in [2.05, 4.69) is 54.6 Å². The van der Waals surface area contributed by atoms with Crippen molar-refractivity contribution in [3.8, 4) is 45.6 Å². The van der Waals surface area contributed by atoms with Gasteiger partial charge in [-0.15, -0.1) is 11.3 Å². The van der Waals surface area contributed by atoms with Crippen molar-refractivity contribution in [1.82, 2.24) is 19.9 Å². The van der Waals surface area contributed by atoms with Crippen molar-refractivity contribution < 1.29 is 8.83 Å². The zero-order valence-electron chi connectivity index (χ0n) is 26.9. The van der Waals surface area contributed by atoms with Crippen LogP contribution in [0.25, 0.3) is 110 Å². The molecule has 7 aromatic carbocycles. The molecule has 0 aliphatic rings. The lowest BCUT2D eigenvalue weighted by atomic mass is 10.0. The molecule has 0 bridgehead atoms. The highest BCUT2D eigenvalue weighted by Crippen LogP contribution is 2.44. The molecule has 0 radical (unpaired) electrons. The Balaban J connectivity index is 1.13. The van der Waals surface area contributed by atoms with E-state index in [9.17, 15) is 0 Å². The summed E-state index contributed by atoms with van der Waals surface area (Å²) in [4.78, 5) is 20.1. The summed E-state index contributed by atoms with van der Waals surface area (Å²) < 4.78 is 15.0. The first-order chi connectivity index (χ1) is 25.2. The summed E-state index contributed by atoms with van der Waals surface area (Å²) in [5.41, 5.74) is 6.99. The number of hydrogen-bond donors (Lipinski definition) is 0. The predicted octanol–water partition coefficient (Wildman–Crippen LogP) is 12.1. The van der Waals surface area contributed by atoms with Crippen molar-refractivity contribution in [3.05, 3.63) is 146 Å². The largest absolute Gasteiger partial charge is 0.456 e. The summed E-state index contributed by atoms with van der Waals surface area (Å²) in [7, 11) is 0. The Morgan fingerprint density at radius 3 is 1.82 bits per heavy atom. The zero-order valence-corrected chi connectivity index (χ0v) is 27.7. The second-order valence-electron chi connectivity index (χ2n) is 12.6. The van der Waals surface area contributed by atoms with Crippen LogP contribution in [0.1, 0.15) is 0 Å². The van der Waals surface area contributed by atoms with Crippen molar-refractivity contribution in [3.63, 3.8) is 0 Å². The third kappa shape index (κ3) is 4.49. The van der Waals surface area contributed by atoms with Crippen LogP contribution in [0.3, 0.4) is 0 Å². The standard InChI is InChI=1S/C44H24N4O2S/c1-3-9-26(10-4-1)41-46-42(48-43(47-41)29-17-20-35-32(24-29)30-13-7-8-14-34(30)49-35)28-16-15-25-18-21-36-38(31(25)23-28)39-37(51-36)22-19-33-40(39)50-44(45-33)27-11-5-2-6-12-27/h1-24H. The van der Waals surface area contributed by atoms with Crippen molar-refractivity contribution in [2.45, 2.75) is 0 Å². The van der Waals surface area contributed by atoms with E-state index in [1.54, 1.807) is 11.3 Å². The fourth-order valence-corrected chi connectivity index (χ4v) is 8.24. The van der Waals surface area contributed by atoms with E-state index in [0.29, 0.717) is 23.4 Å². The van der Waals surface area contributed by atoms with Crippen molar-refractivity contribution >= 4 is 75.3 Å². The number of nitrogens with zero attached hydrogens (tertiary/aromatic N) is 4. The molecule has 11 aromatic rings. The van der Waals surface area contributed by atoms with E-state index in [1.165, 1.54) is 4.70 Å². The maximum Gasteiger partial charge on any atom is 0.227 e. The molecule has 6 nitrogen and oxygen atoms in total. The summed E-state index contributed by atoms with van der Waals surface area (Å²) in [5, 5.41) is 6.54. The Bertz CT molecular complexity index is 3150. The lowest BCUT2D eigenvalue weighted by molar-refractivity contribution is 0.623. The van der Waals surface area contributed by atoms with Gasteiger partial charge in [0.05, 0.1) is 0 Å². The molecule has 0 saturated carbocycles. The number of para-hydroxylation sites is 1. The average Bonchev–Trinajstić information content (AvgIpc) is 3.91. The van der Waals surface area contributed by atoms with E-state index in [4.69, 9.17) is 28.8 Å². The molecule has 0 spiro atoms. The smallest absolute Gasteiger partial charge is 0.227 e. The molecule has 238 valence electrons. The van der Waals surface area contributed by atoms with Gasteiger partial charge in [0, 0.05) is 53.2 Å². The number of hydrogen-bond acceptors (Lipinski definition) is 7. The second kappa shape index (κ2) is 10.9. The topological polar surface area (TPSA) is 77.8 Å². The number of oxazole rings is 1. The lowest BCUT2D eigenvalue weighted by Gasteiger charge is -2.10. The Kier molecular flexibility index (Phi) is 6.02. The summed E-state index contributed by atoms with van der Waals surface area (Å²) in [5.74, 6) is 2.43. The number of fused-ring (bicyclic) bond motifs is 10. The molecular formula is C44H24N4O2S. The maximum atomic E-state index is 6.53. The van der Waals surface area contributed by atoms with Crippen LogP contribution in [0, 0.1) is 0 Å². The van der Waals surface area contributed by atoms with Gasteiger partial charge in [-0.1, -0.05) is 84.9 Å². The fourth-order valence-electron chi connectivity index (χ4n) is 7.12. The number of benzene rings is 7. The molecule has 0 atom stereocenters. The van der Waals surface area contributed by atoms with Crippen LogP contribution in [0.5, 0.6) is 0 Å². The molecule has 0 unspecified atom stereocenters. The molecule has 0 saturated heterocycles. The minimum absolute atomic E-state index is 0.599. The number of rotatable bonds is 4. The van der Waals surface area contributed by atoms with Gasteiger partial charge in [-0.05, 0) is 71.4 Å². The Morgan fingerprint density at radius 2 is 1.02 bits per heavy atom. The highest BCUT2D eigenvalue weighted by Gasteiger charge is 2.19. The van der Waals surface area contributed by atoms with Crippen LogP contribution in [0.15, 0.2) is 154 Å². The Labute approximate surface area is 294 Å². The molecule has 0 fully saturated rings. The van der Waals surface area contributed by atoms with Crippen LogP contribution < -0.4 is 0 Å². The fraction of sp³-hybridized carbons (Fsp3) is 0. The molecule has 4 aromatic heterocycles. The summed E-state index contributed by atoms with van der Waals surface area (Å²) in [6.45, 7) is 0. The predicted molar refractivity (Wildman–Crippen MR) is 207 cm³/mol. The van der Waals surface area contributed by atoms with Crippen LogP contribution in [-0.4, -0.2) is 19.9 Å². The summed E-state index contributed by atoms with van der Waals surface area (Å²) in [6, 6.07) is 49.4. The minimum atomic E-state index is 0.599. The SMILES string of the molecule is c1ccc(-c2nc(-c3ccc4oc5ccccc5c4c3)nc(-c3ccc4ccc5sc6ccc7nc(-c8ccccc8)oc7c6c5c4c3)n2)cc1. The van der Waals surface area contributed by atoms with E-state index in [1.807, 2.05) is 91.0 Å². The Hall–Kier alpha value is -6.70. The van der Waals surface area contributed by atoms with Crippen LogP contribution in [0.4, 0.5) is 0 Å². The van der Waals surface area contributed by atoms with Crippen LogP contribution in [0.2, 0.25) is 0 Å². The highest BCUT2D eigenvalue weighted by atomic mass is 32.1. The highest BCUT2D eigenvalue weighted by molar-refractivity contribution is 7.26. The second-order valence-corrected chi connectivity index (χ2v) is 13.7.